The molecule has 0 unspecified atom stereocenters. The van der Waals surface area contributed by atoms with E-state index in [9.17, 15) is 0 Å². The number of rotatable bonds is 14. The smallest absolute Gasteiger partial charge is 0.152 e. The third-order valence-corrected chi connectivity index (χ3v) is 6.51. The van der Waals surface area contributed by atoms with Gasteiger partial charge in [-0.05, 0) is 43.5 Å². The van der Waals surface area contributed by atoms with Crippen molar-refractivity contribution in [3.63, 3.8) is 0 Å². The van der Waals surface area contributed by atoms with Crippen LogP contribution in [0.1, 0.15) is 64.0 Å². The number of aromatic nitrogens is 3. The van der Waals surface area contributed by atoms with Gasteiger partial charge in [-0.1, -0.05) is 69.4 Å². The number of hydrogen-bond donors (Lipinski definition) is 1. The first kappa shape index (κ1) is 25.0. The molecular weight excluding hydrogens is 436 g/mol. The summed E-state index contributed by atoms with van der Waals surface area (Å²) in [5, 5.41) is 1.05. The molecule has 4 aromatic rings. The second-order valence-corrected chi connectivity index (χ2v) is 9.14. The molecule has 2 heterocycles. The molecule has 0 bridgehead atoms. The lowest BCUT2D eigenvalue weighted by Gasteiger charge is -2.20. The maximum atomic E-state index is 6.25. The van der Waals surface area contributed by atoms with Gasteiger partial charge in [0.15, 0.2) is 5.82 Å². The number of nitrogen functional groups attached to an aromatic ring is 1. The first-order valence-electron chi connectivity index (χ1n) is 13.0. The summed E-state index contributed by atoms with van der Waals surface area (Å²) < 4.78 is 14.1. The molecule has 0 aliphatic carbocycles. The van der Waals surface area contributed by atoms with Crippen molar-refractivity contribution in [2.75, 3.05) is 25.6 Å². The van der Waals surface area contributed by atoms with Crippen LogP contribution in [-0.2, 0) is 11.2 Å². The lowest BCUT2D eigenvalue weighted by atomic mass is 10.1. The Morgan fingerprint density at radius 2 is 1.71 bits per heavy atom. The largest absolute Gasteiger partial charge is 0.494 e. The highest BCUT2D eigenvalue weighted by Gasteiger charge is 2.19. The molecule has 0 spiro atoms. The minimum absolute atomic E-state index is 0.0834. The summed E-state index contributed by atoms with van der Waals surface area (Å²) in [5.74, 6) is 1.39. The zero-order valence-corrected chi connectivity index (χ0v) is 21.1. The van der Waals surface area contributed by atoms with Crippen molar-refractivity contribution >= 4 is 27.8 Å². The molecule has 0 amide bonds. The van der Waals surface area contributed by atoms with Crippen LogP contribution in [0, 0.1) is 0 Å². The molecule has 0 aliphatic heterocycles. The van der Waals surface area contributed by atoms with E-state index >= 15 is 0 Å². The third kappa shape index (κ3) is 6.31. The molecule has 186 valence electrons. The molecular formula is C29H38N4O2. The Bertz CT molecular complexity index is 1200. The van der Waals surface area contributed by atoms with E-state index in [0.29, 0.717) is 19.0 Å². The van der Waals surface area contributed by atoms with E-state index in [1.165, 1.54) is 37.7 Å². The van der Waals surface area contributed by atoms with Crippen molar-refractivity contribution < 1.29 is 9.47 Å². The standard InChI is InChI=1S/C29H38N4O2/c1-3-5-6-7-8-11-18-35-24-16-14-22(15-17-24)19-23(20-34-4-2)33-21-31-27-28(33)25-12-9-10-13-26(25)32-29(27)30/h9-10,12-17,21,23H,3-8,11,18-20H2,1-2H3,(H2,30,32)/t23-/m0/s1. The maximum Gasteiger partial charge on any atom is 0.152 e. The number of anilines is 1. The van der Waals surface area contributed by atoms with Crippen LogP contribution in [0.4, 0.5) is 5.82 Å². The molecule has 4 rings (SSSR count). The van der Waals surface area contributed by atoms with Gasteiger partial charge >= 0.3 is 0 Å². The van der Waals surface area contributed by atoms with Gasteiger partial charge in [0.25, 0.3) is 0 Å². The van der Waals surface area contributed by atoms with Gasteiger partial charge in [-0.3, -0.25) is 0 Å². The van der Waals surface area contributed by atoms with Gasteiger partial charge in [-0.15, -0.1) is 0 Å². The van der Waals surface area contributed by atoms with E-state index in [1.54, 1.807) is 0 Å². The minimum Gasteiger partial charge on any atom is -0.494 e. The van der Waals surface area contributed by atoms with Gasteiger partial charge in [-0.25, -0.2) is 9.97 Å². The Balaban J connectivity index is 1.47. The molecule has 0 saturated heterocycles. The molecule has 6 heteroatoms. The van der Waals surface area contributed by atoms with Crippen LogP contribution in [-0.4, -0.2) is 34.4 Å². The number of fused-ring (bicyclic) bond motifs is 3. The molecule has 2 N–H and O–H groups in total. The molecule has 1 atom stereocenters. The van der Waals surface area contributed by atoms with Crippen molar-refractivity contribution in [3.8, 4) is 5.75 Å². The zero-order chi connectivity index (χ0) is 24.5. The Kier molecular flexibility index (Phi) is 8.96. The average Bonchev–Trinajstić information content (AvgIpc) is 3.33. The van der Waals surface area contributed by atoms with E-state index in [4.69, 9.17) is 15.2 Å². The van der Waals surface area contributed by atoms with Crippen LogP contribution >= 0.6 is 0 Å². The number of para-hydroxylation sites is 1. The Hall–Kier alpha value is -3.12. The van der Waals surface area contributed by atoms with Crippen LogP contribution in [0.2, 0.25) is 0 Å². The highest BCUT2D eigenvalue weighted by Crippen LogP contribution is 2.30. The summed E-state index contributed by atoms with van der Waals surface area (Å²) in [4.78, 5) is 9.16. The lowest BCUT2D eigenvalue weighted by molar-refractivity contribution is 0.114. The lowest BCUT2D eigenvalue weighted by Crippen LogP contribution is -2.18. The number of ether oxygens (including phenoxy) is 2. The van der Waals surface area contributed by atoms with Gasteiger partial charge in [0, 0.05) is 12.0 Å². The molecule has 6 nitrogen and oxygen atoms in total. The molecule has 0 saturated carbocycles. The summed E-state index contributed by atoms with van der Waals surface area (Å²) in [5.41, 5.74) is 10.1. The summed E-state index contributed by atoms with van der Waals surface area (Å²) in [7, 11) is 0. The van der Waals surface area contributed by atoms with Gasteiger partial charge < -0.3 is 19.8 Å². The first-order valence-corrected chi connectivity index (χ1v) is 13.0. The van der Waals surface area contributed by atoms with Gasteiger partial charge in [0.2, 0.25) is 0 Å². The Morgan fingerprint density at radius 1 is 0.943 bits per heavy atom. The highest BCUT2D eigenvalue weighted by molar-refractivity contribution is 6.06. The normalized spacial score (nSPS) is 12.4. The number of imidazole rings is 1. The number of unbranched alkanes of at least 4 members (excludes halogenated alkanes) is 5. The fraction of sp³-hybridized carbons (Fsp3) is 0.448. The first-order chi connectivity index (χ1) is 17.2. The van der Waals surface area contributed by atoms with Crippen molar-refractivity contribution in [3.05, 3.63) is 60.4 Å². The average molecular weight is 475 g/mol. The summed E-state index contributed by atoms with van der Waals surface area (Å²) in [6.45, 7) is 6.31. The second-order valence-electron chi connectivity index (χ2n) is 9.14. The van der Waals surface area contributed by atoms with Gasteiger partial charge in [0.1, 0.15) is 11.3 Å². The van der Waals surface area contributed by atoms with E-state index in [1.807, 2.05) is 31.5 Å². The Labute approximate surface area is 208 Å². The Morgan fingerprint density at radius 3 is 2.51 bits per heavy atom. The minimum atomic E-state index is 0.0834. The van der Waals surface area contributed by atoms with E-state index in [-0.39, 0.29) is 6.04 Å². The molecule has 0 fully saturated rings. The quantitative estimate of drug-likeness (QED) is 0.205. The third-order valence-electron chi connectivity index (χ3n) is 6.51. The van der Waals surface area contributed by atoms with Crippen molar-refractivity contribution in [1.29, 1.82) is 0 Å². The SMILES string of the molecule is CCCCCCCCOc1ccc(C[C@@H](COCC)n2cnc3c(N)nc4ccccc4c32)cc1. The second kappa shape index (κ2) is 12.5. The van der Waals surface area contributed by atoms with Gasteiger partial charge in [0.05, 0.1) is 36.6 Å². The van der Waals surface area contributed by atoms with Crippen LogP contribution in [0.3, 0.4) is 0 Å². The molecule has 0 aliphatic rings. The monoisotopic (exact) mass is 474 g/mol. The molecule has 35 heavy (non-hydrogen) atoms. The van der Waals surface area contributed by atoms with Crippen LogP contribution < -0.4 is 10.5 Å². The maximum absolute atomic E-state index is 6.25. The highest BCUT2D eigenvalue weighted by atomic mass is 16.5. The topological polar surface area (TPSA) is 75.2 Å². The van der Waals surface area contributed by atoms with E-state index in [2.05, 4.69) is 51.8 Å². The fourth-order valence-corrected chi connectivity index (χ4v) is 4.60. The van der Waals surface area contributed by atoms with E-state index < -0.39 is 0 Å². The summed E-state index contributed by atoms with van der Waals surface area (Å²) in [6, 6.07) is 16.6. The molecule has 2 aromatic heterocycles. The fourth-order valence-electron chi connectivity index (χ4n) is 4.60. The van der Waals surface area contributed by atoms with Crippen LogP contribution in [0.15, 0.2) is 54.9 Å². The predicted octanol–water partition coefficient (Wildman–Crippen LogP) is 6.73. The number of nitrogens with zero attached hydrogens (tertiary/aromatic N) is 3. The number of pyridine rings is 1. The van der Waals surface area contributed by atoms with Crippen molar-refractivity contribution in [2.24, 2.45) is 0 Å². The summed E-state index contributed by atoms with van der Waals surface area (Å²) >= 11 is 0. The van der Waals surface area contributed by atoms with E-state index in [0.717, 1.165) is 47.1 Å². The van der Waals surface area contributed by atoms with Crippen molar-refractivity contribution in [1.82, 2.24) is 14.5 Å². The van der Waals surface area contributed by atoms with Gasteiger partial charge in [-0.2, -0.15) is 0 Å². The molecule has 0 radical (unpaired) electrons. The number of hydrogen-bond acceptors (Lipinski definition) is 5. The van der Waals surface area contributed by atoms with Crippen LogP contribution in [0.25, 0.3) is 21.9 Å². The predicted molar refractivity (Wildman–Crippen MR) is 144 cm³/mol. The molecule has 2 aromatic carbocycles. The van der Waals surface area contributed by atoms with Crippen molar-refractivity contribution in [2.45, 2.75) is 64.8 Å². The zero-order valence-electron chi connectivity index (χ0n) is 21.1. The van der Waals surface area contributed by atoms with Crippen LogP contribution in [0.5, 0.6) is 5.75 Å². The number of nitrogens with two attached hydrogens (primary N) is 1. The summed E-state index contributed by atoms with van der Waals surface area (Å²) in [6.07, 6.45) is 10.3. The number of benzene rings is 2.